The van der Waals surface area contributed by atoms with E-state index in [2.05, 4.69) is 15.5 Å². The highest BCUT2D eigenvalue weighted by atomic mass is 16.5. The minimum absolute atomic E-state index is 0.0409. The predicted octanol–water partition coefficient (Wildman–Crippen LogP) is 1.71. The van der Waals surface area contributed by atoms with Crippen molar-refractivity contribution in [3.8, 4) is 17.1 Å². The number of hydrogen-bond donors (Lipinski definition) is 1. The molecule has 1 aliphatic heterocycles. The van der Waals surface area contributed by atoms with E-state index in [1.54, 1.807) is 7.11 Å². The summed E-state index contributed by atoms with van der Waals surface area (Å²) in [6, 6.07) is 5.83. The van der Waals surface area contributed by atoms with E-state index in [0.717, 1.165) is 23.4 Å². The van der Waals surface area contributed by atoms with Gasteiger partial charge in [-0.05, 0) is 19.1 Å². The molecular formula is C14H17N3O3. The Labute approximate surface area is 117 Å². The van der Waals surface area contributed by atoms with Crippen LogP contribution in [0.25, 0.3) is 11.4 Å². The highest BCUT2D eigenvalue weighted by Crippen LogP contribution is 2.29. The molecule has 1 saturated heterocycles. The van der Waals surface area contributed by atoms with E-state index in [9.17, 15) is 0 Å². The Kier molecular flexibility index (Phi) is 3.66. The number of nitrogens with zero attached hydrogens (tertiary/aromatic N) is 2. The molecule has 6 nitrogen and oxygen atoms in total. The van der Waals surface area contributed by atoms with E-state index < -0.39 is 0 Å². The average molecular weight is 275 g/mol. The molecule has 0 spiro atoms. The first-order valence-corrected chi connectivity index (χ1v) is 6.57. The lowest BCUT2D eigenvalue weighted by atomic mass is 10.1. The molecule has 1 fully saturated rings. The van der Waals surface area contributed by atoms with Crippen LogP contribution in [0, 0.1) is 6.92 Å². The summed E-state index contributed by atoms with van der Waals surface area (Å²) in [6.45, 7) is 4.06. The summed E-state index contributed by atoms with van der Waals surface area (Å²) in [4.78, 5) is 4.45. The zero-order valence-corrected chi connectivity index (χ0v) is 11.5. The third-order valence-electron chi connectivity index (χ3n) is 3.26. The minimum atomic E-state index is -0.0409. The Morgan fingerprint density at radius 1 is 1.40 bits per heavy atom. The number of methoxy groups -OCH3 is 1. The van der Waals surface area contributed by atoms with Crippen LogP contribution in [-0.4, -0.2) is 37.0 Å². The molecular weight excluding hydrogens is 258 g/mol. The lowest BCUT2D eigenvalue weighted by Crippen LogP contribution is -2.34. The quantitative estimate of drug-likeness (QED) is 0.919. The Morgan fingerprint density at radius 2 is 2.30 bits per heavy atom. The Hall–Kier alpha value is -1.92. The van der Waals surface area contributed by atoms with Crippen molar-refractivity contribution in [1.29, 1.82) is 0 Å². The number of morpholine rings is 1. The molecule has 0 amide bonds. The number of rotatable bonds is 3. The van der Waals surface area contributed by atoms with Crippen molar-refractivity contribution in [2.45, 2.75) is 13.0 Å². The SMILES string of the molecule is COc1ccc(C)cc1-c1noc(C2COCCN2)n1. The molecule has 1 atom stereocenters. The van der Waals surface area contributed by atoms with Crippen LogP contribution in [0.4, 0.5) is 0 Å². The molecule has 2 aromatic rings. The topological polar surface area (TPSA) is 69.4 Å². The van der Waals surface area contributed by atoms with Gasteiger partial charge in [-0.25, -0.2) is 0 Å². The van der Waals surface area contributed by atoms with Crippen molar-refractivity contribution in [3.63, 3.8) is 0 Å². The molecule has 2 heterocycles. The van der Waals surface area contributed by atoms with Gasteiger partial charge in [-0.15, -0.1) is 0 Å². The second-order valence-electron chi connectivity index (χ2n) is 4.74. The first kappa shape index (κ1) is 13.1. The molecule has 1 aromatic heterocycles. The molecule has 106 valence electrons. The molecule has 0 bridgehead atoms. The fourth-order valence-corrected chi connectivity index (χ4v) is 2.21. The number of nitrogens with one attached hydrogen (secondary N) is 1. The van der Waals surface area contributed by atoms with E-state index in [-0.39, 0.29) is 6.04 Å². The Bertz CT molecular complexity index is 591. The van der Waals surface area contributed by atoms with Gasteiger partial charge in [-0.3, -0.25) is 0 Å². The molecule has 6 heteroatoms. The van der Waals surface area contributed by atoms with E-state index >= 15 is 0 Å². The van der Waals surface area contributed by atoms with E-state index in [4.69, 9.17) is 14.0 Å². The van der Waals surface area contributed by atoms with Crippen molar-refractivity contribution in [1.82, 2.24) is 15.5 Å². The maximum absolute atomic E-state index is 5.40. The van der Waals surface area contributed by atoms with Gasteiger partial charge >= 0.3 is 0 Å². The minimum Gasteiger partial charge on any atom is -0.496 e. The molecule has 3 rings (SSSR count). The lowest BCUT2D eigenvalue weighted by molar-refractivity contribution is 0.0659. The summed E-state index contributed by atoms with van der Waals surface area (Å²) >= 11 is 0. The van der Waals surface area contributed by atoms with Crippen molar-refractivity contribution >= 4 is 0 Å². The van der Waals surface area contributed by atoms with Crippen molar-refractivity contribution < 1.29 is 14.0 Å². The summed E-state index contributed by atoms with van der Waals surface area (Å²) in [6.07, 6.45) is 0. The van der Waals surface area contributed by atoms with Crippen LogP contribution in [0.2, 0.25) is 0 Å². The zero-order valence-electron chi connectivity index (χ0n) is 11.5. The largest absolute Gasteiger partial charge is 0.496 e. The summed E-state index contributed by atoms with van der Waals surface area (Å²) in [7, 11) is 1.63. The fourth-order valence-electron chi connectivity index (χ4n) is 2.21. The van der Waals surface area contributed by atoms with Gasteiger partial charge in [0.25, 0.3) is 0 Å². The van der Waals surface area contributed by atoms with Crippen molar-refractivity contribution in [3.05, 3.63) is 29.7 Å². The highest BCUT2D eigenvalue weighted by Gasteiger charge is 2.22. The first-order valence-electron chi connectivity index (χ1n) is 6.57. The van der Waals surface area contributed by atoms with Crippen LogP contribution in [-0.2, 0) is 4.74 Å². The zero-order chi connectivity index (χ0) is 13.9. The maximum Gasteiger partial charge on any atom is 0.246 e. The number of ether oxygens (including phenoxy) is 2. The van der Waals surface area contributed by atoms with Gasteiger partial charge in [-0.2, -0.15) is 4.98 Å². The first-order chi connectivity index (χ1) is 9.78. The van der Waals surface area contributed by atoms with Crippen LogP contribution in [0.15, 0.2) is 22.7 Å². The summed E-state index contributed by atoms with van der Waals surface area (Å²) in [5.41, 5.74) is 1.95. The van der Waals surface area contributed by atoms with Crippen LogP contribution in [0.5, 0.6) is 5.75 Å². The molecule has 0 aliphatic carbocycles. The Balaban J connectivity index is 1.91. The number of aryl methyl sites for hydroxylation is 1. The molecule has 1 aliphatic rings. The highest BCUT2D eigenvalue weighted by molar-refractivity contribution is 5.64. The van der Waals surface area contributed by atoms with E-state index in [1.807, 2.05) is 25.1 Å². The molecule has 0 saturated carbocycles. The normalized spacial score (nSPS) is 19.0. The number of aromatic nitrogens is 2. The standard InChI is InChI=1S/C14H17N3O3/c1-9-3-4-12(18-2)10(7-9)13-16-14(20-17-13)11-8-19-6-5-15-11/h3-4,7,11,15H,5-6,8H2,1-2H3. The summed E-state index contributed by atoms with van der Waals surface area (Å²) in [5, 5.41) is 7.34. The van der Waals surface area contributed by atoms with Crippen molar-refractivity contribution in [2.75, 3.05) is 26.9 Å². The second-order valence-corrected chi connectivity index (χ2v) is 4.74. The van der Waals surface area contributed by atoms with Crippen molar-refractivity contribution in [2.24, 2.45) is 0 Å². The third kappa shape index (κ3) is 2.52. The van der Waals surface area contributed by atoms with Crippen LogP contribution in [0.1, 0.15) is 17.5 Å². The fraction of sp³-hybridized carbons (Fsp3) is 0.429. The number of hydrogen-bond acceptors (Lipinski definition) is 6. The summed E-state index contributed by atoms with van der Waals surface area (Å²) in [5.74, 6) is 1.81. The second kappa shape index (κ2) is 5.60. The van der Waals surface area contributed by atoms with Gasteiger partial charge in [0.2, 0.25) is 11.7 Å². The third-order valence-corrected chi connectivity index (χ3v) is 3.26. The average Bonchev–Trinajstić information content (AvgIpc) is 2.98. The van der Waals surface area contributed by atoms with E-state index in [1.165, 1.54) is 0 Å². The van der Waals surface area contributed by atoms with Gasteiger partial charge in [0.05, 0.1) is 25.9 Å². The molecule has 1 aromatic carbocycles. The van der Waals surface area contributed by atoms with Gasteiger partial charge in [0.15, 0.2) is 0 Å². The number of benzene rings is 1. The maximum atomic E-state index is 5.40. The van der Waals surface area contributed by atoms with Crippen LogP contribution >= 0.6 is 0 Å². The van der Waals surface area contributed by atoms with Gasteiger partial charge in [0.1, 0.15) is 11.8 Å². The lowest BCUT2D eigenvalue weighted by Gasteiger charge is -2.20. The summed E-state index contributed by atoms with van der Waals surface area (Å²) < 4.78 is 16.1. The van der Waals surface area contributed by atoms with Gasteiger partial charge in [0, 0.05) is 6.54 Å². The Morgan fingerprint density at radius 3 is 3.05 bits per heavy atom. The molecule has 20 heavy (non-hydrogen) atoms. The molecule has 0 radical (unpaired) electrons. The van der Waals surface area contributed by atoms with Crippen LogP contribution in [0.3, 0.4) is 0 Å². The predicted molar refractivity (Wildman–Crippen MR) is 72.6 cm³/mol. The van der Waals surface area contributed by atoms with Gasteiger partial charge in [-0.1, -0.05) is 16.8 Å². The van der Waals surface area contributed by atoms with Crippen LogP contribution < -0.4 is 10.1 Å². The van der Waals surface area contributed by atoms with Gasteiger partial charge < -0.3 is 19.3 Å². The smallest absolute Gasteiger partial charge is 0.246 e. The molecule has 1 unspecified atom stereocenters. The van der Waals surface area contributed by atoms with E-state index in [0.29, 0.717) is 24.9 Å². The molecule has 1 N–H and O–H groups in total. The monoisotopic (exact) mass is 275 g/mol.